The molecular weight excluding hydrogens is 309 g/mol. The third kappa shape index (κ3) is 2.94. The third-order valence-corrected chi connectivity index (χ3v) is 3.33. The van der Waals surface area contributed by atoms with E-state index in [1.165, 1.54) is 12.1 Å². The Hall–Kier alpha value is -1.86. The van der Waals surface area contributed by atoms with E-state index in [0.717, 1.165) is 15.6 Å². The van der Waals surface area contributed by atoms with Crippen LogP contribution in [-0.2, 0) is 0 Å². The maximum atomic E-state index is 13.0. The van der Waals surface area contributed by atoms with Crippen LogP contribution >= 0.6 is 15.9 Å². The van der Waals surface area contributed by atoms with Crippen molar-refractivity contribution in [3.63, 3.8) is 0 Å². The van der Waals surface area contributed by atoms with E-state index in [1.54, 1.807) is 25.3 Å². The van der Waals surface area contributed by atoms with Crippen LogP contribution in [0.1, 0.15) is 17.0 Å². The molecule has 2 rings (SSSR count). The molecule has 1 unspecified atom stereocenters. The lowest BCUT2D eigenvalue weighted by molar-refractivity contribution is 0.409. The van der Waals surface area contributed by atoms with Crippen molar-refractivity contribution in [1.29, 1.82) is 5.26 Å². The number of nitriles is 1. The molecule has 0 aromatic heterocycles. The quantitative estimate of drug-likeness (QED) is 0.847. The molecule has 0 N–H and O–H groups in total. The summed E-state index contributed by atoms with van der Waals surface area (Å²) < 4.78 is 19.1. The van der Waals surface area contributed by atoms with Gasteiger partial charge in [0.15, 0.2) is 0 Å². The van der Waals surface area contributed by atoms with Crippen LogP contribution in [0, 0.1) is 17.1 Å². The highest BCUT2D eigenvalue weighted by molar-refractivity contribution is 9.10. The minimum absolute atomic E-state index is 0.318. The van der Waals surface area contributed by atoms with E-state index in [-0.39, 0.29) is 5.82 Å². The summed E-state index contributed by atoms with van der Waals surface area (Å²) in [4.78, 5) is 0. The summed E-state index contributed by atoms with van der Waals surface area (Å²) in [5.41, 5.74) is 1.49. The zero-order chi connectivity index (χ0) is 13.8. The second-order valence-electron chi connectivity index (χ2n) is 4.00. The standard InChI is InChI=1S/C15H11BrFNO/c1-19-15-7-4-11(16)8-13(15)14(9-18)10-2-5-12(17)6-3-10/h2-8,14H,1H3. The maximum Gasteiger partial charge on any atom is 0.123 e. The van der Waals surface area contributed by atoms with Crippen molar-refractivity contribution in [2.24, 2.45) is 0 Å². The Balaban J connectivity index is 2.51. The molecule has 0 aliphatic heterocycles. The first kappa shape index (κ1) is 13.6. The molecule has 0 aliphatic carbocycles. The lowest BCUT2D eigenvalue weighted by Crippen LogP contribution is -2.01. The Kier molecular flexibility index (Phi) is 4.18. The molecule has 0 amide bonds. The van der Waals surface area contributed by atoms with Crippen molar-refractivity contribution in [3.8, 4) is 11.8 Å². The van der Waals surface area contributed by atoms with E-state index in [4.69, 9.17) is 4.74 Å². The number of ether oxygens (including phenoxy) is 1. The minimum atomic E-state index is -0.493. The molecule has 19 heavy (non-hydrogen) atoms. The molecule has 0 saturated carbocycles. The molecular formula is C15H11BrFNO. The lowest BCUT2D eigenvalue weighted by Gasteiger charge is -2.14. The highest BCUT2D eigenvalue weighted by atomic mass is 79.9. The largest absolute Gasteiger partial charge is 0.496 e. The predicted molar refractivity (Wildman–Crippen MR) is 74.6 cm³/mol. The first-order valence-corrected chi connectivity index (χ1v) is 6.43. The number of methoxy groups -OCH3 is 1. The average Bonchev–Trinajstić information content (AvgIpc) is 2.42. The van der Waals surface area contributed by atoms with Gasteiger partial charge in [-0.05, 0) is 35.9 Å². The topological polar surface area (TPSA) is 33.0 Å². The maximum absolute atomic E-state index is 13.0. The Bertz CT molecular complexity index is 619. The van der Waals surface area contributed by atoms with E-state index in [2.05, 4.69) is 22.0 Å². The molecule has 0 saturated heterocycles. The van der Waals surface area contributed by atoms with Gasteiger partial charge in [-0.1, -0.05) is 28.1 Å². The normalized spacial score (nSPS) is 11.7. The Labute approximate surface area is 119 Å². The van der Waals surface area contributed by atoms with E-state index in [0.29, 0.717) is 5.75 Å². The fraction of sp³-hybridized carbons (Fsp3) is 0.133. The summed E-state index contributed by atoms with van der Waals surface area (Å²) in [6.07, 6.45) is 0. The first-order chi connectivity index (χ1) is 9.15. The molecule has 2 aromatic rings. The molecule has 0 aliphatic rings. The van der Waals surface area contributed by atoms with Crippen molar-refractivity contribution in [2.45, 2.75) is 5.92 Å². The van der Waals surface area contributed by atoms with E-state index in [1.807, 2.05) is 12.1 Å². The number of benzene rings is 2. The second kappa shape index (κ2) is 5.85. The van der Waals surface area contributed by atoms with Gasteiger partial charge in [-0.3, -0.25) is 0 Å². The van der Waals surface area contributed by atoms with Gasteiger partial charge >= 0.3 is 0 Å². The van der Waals surface area contributed by atoms with Gasteiger partial charge in [-0.25, -0.2) is 4.39 Å². The first-order valence-electron chi connectivity index (χ1n) is 5.64. The van der Waals surface area contributed by atoms with Crippen LogP contribution in [0.4, 0.5) is 4.39 Å². The molecule has 0 bridgehead atoms. The molecule has 2 aromatic carbocycles. The number of rotatable bonds is 3. The van der Waals surface area contributed by atoms with E-state index in [9.17, 15) is 9.65 Å². The SMILES string of the molecule is COc1ccc(Br)cc1C(C#N)c1ccc(F)cc1. The molecule has 96 valence electrons. The van der Waals surface area contributed by atoms with E-state index < -0.39 is 5.92 Å². The Morgan fingerprint density at radius 2 is 1.89 bits per heavy atom. The Morgan fingerprint density at radius 1 is 1.21 bits per heavy atom. The van der Waals surface area contributed by atoms with Crippen LogP contribution in [-0.4, -0.2) is 7.11 Å². The van der Waals surface area contributed by atoms with Gasteiger partial charge in [0.25, 0.3) is 0 Å². The summed E-state index contributed by atoms with van der Waals surface area (Å²) >= 11 is 3.38. The van der Waals surface area contributed by atoms with Crippen molar-refractivity contribution in [1.82, 2.24) is 0 Å². The highest BCUT2D eigenvalue weighted by Gasteiger charge is 2.18. The summed E-state index contributed by atoms with van der Waals surface area (Å²) in [7, 11) is 1.56. The molecule has 2 nitrogen and oxygen atoms in total. The van der Waals surface area contributed by atoms with Gasteiger partial charge in [0.1, 0.15) is 11.6 Å². The lowest BCUT2D eigenvalue weighted by atomic mass is 9.92. The van der Waals surface area contributed by atoms with Gasteiger partial charge in [0.2, 0.25) is 0 Å². The molecule has 0 heterocycles. The molecule has 0 fully saturated rings. The minimum Gasteiger partial charge on any atom is -0.496 e. The third-order valence-electron chi connectivity index (χ3n) is 2.84. The van der Waals surface area contributed by atoms with Crippen LogP contribution in [0.3, 0.4) is 0 Å². The zero-order valence-corrected chi connectivity index (χ0v) is 11.8. The predicted octanol–water partition coefficient (Wildman–Crippen LogP) is 4.25. The van der Waals surface area contributed by atoms with Gasteiger partial charge in [0.05, 0.1) is 19.1 Å². The van der Waals surface area contributed by atoms with Crippen molar-refractivity contribution >= 4 is 15.9 Å². The van der Waals surface area contributed by atoms with Crippen LogP contribution < -0.4 is 4.74 Å². The van der Waals surface area contributed by atoms with Crippen LogP contribution in [0.2, 0.25) is 0 Å². The second-order valence-corrected chi connectivity index (χ2v) is 4.92. The summed E-state index contributed by atoms with van der Waals surface area (Å²) in [6, 6.07) is 13.7. The summed E-state index contributed by atoms with van der Waals surface area (Å²) in [5, 5.41) is 9.40. The monoisotopic (exact) mass is 319 g/mol. The number of halogens is 2. The van der Waals surface area contributed by atoms with Crippen LogP contribution in [0.25, 0.3) is 0 Å². The Morgan fingerprint density at radius 3 is 2.47 bits per heavy atom. The van der Waals surface area contributed by atoms with Crippen LogP contribution in [0.15, 0.2) is 46.9 Å². The average molecular weight is 320 g/mol. The number of nitrogens with zero attached hydrogens (tertiary/aromatic N) is 1. The number of hydrogen-bond acceptors (Lipinski definition) is 2. The van der Waals surface area contributed by atoms with E-state index >= 15 is 0 Å². The fourth-order valence-electron chi connectivity index (χ4n) is 1.91. The zero-order valence-electron chi connectivity index (χ0n) is 10.2. The number of hydrogen-bond donors (Lipinski definition) is 0. The van der Waals surface area contributed by atoms with Crippen molar-refractivity contribution in [3.05, 3.63) is 63.9 Å². The van der Waals surface area contributed by atoms with Crippen LogP contribution in [0.5, 0.6) is 5.75 Å². The van der Waals surface area contributed by atoms with Gasteiger partial charge < -0.3 is 4.74 Å². The van der Waals surface area contributed by atoms with Gasteiger partial charge in [-0.15, -0.1) is 0 Å². The molecule has 0 spiro atoms. The molecule has 0 radical (unpaired) electrons. The highest BCUT2D eigenvalue weighted by Crippen LogP contribution is 2.33. The van der Waals surface area contributed by atoms with Gasteiger partial charge in [0, 0.05) is 10.0 Å². The summed E-state index contributed by atoms with van der Waals surface area (Å²) in [5.74, 6) is -0.172. The van der Waals surface area contributed by atoms with Gasteiger partial charge in [-0.2, -0.15) is 5.26 Å². The smallest absolute Gasteiger partial charge is 0.123 e. The van der Waals surface area contributed by atoms with Crippen molar-refractivity contribution in [2.75, 3.05) is 7.11 Å². The fourth-order valence-corrected chi connectivity index (χ4v) is 2.29. The molecule has 1 atom stereocenters. The summed E-state index contributed by atoms with van der Waals surface area (Å²) in [6.45, 7) is 0. The molecule has 4 heteroatoms. The van der Waals surface area contributed by atoms with Crippen molar-refractivity contribution < 1.29 is 9.13 Å².